The maximum Gasteiger partial charge on any atom is 0.271 e. The molecule has 7 nitrogen and oxygen atoms in total. The number of benzene rings is 1. The molecule has 0 unspecified atom stereocenters. The fourth-order valence-electron chi connectivity index (χ4n) is 2.97. The van der Waals surface area contributed by atoms with Crippen molar-refractivity contribution in [2.24, 2.45) is 0 Å². The third kappa shape index (κ3) is 3.72. The number of rotatable bonds is 4. The molecule has 0 bridgehead atoms. The van der Waals surface area contributed by atoms with Crippen molar-refractivity contribution in [2.75, 3.05) is 26.3 Å². The molecular weight excluding hydrogens is 366 g/mol. The number of amides is 2. The number of nitrogens with one attached hydrogen (secondary N) is 1. The Morgan fingerprint density at radius 1 is 1.26 bits per heavy atom. The Kier molecular flexibility index (Phi) is 4.91. The number of ether oxygens (including phenoxy) is 1. The van der Waals surface area contributed by atoms with Crippen LogP contribution < -0.4 is 5.32 Å². The SMILES string of the molecule is C[C@H](NC(=O)c1csc(-c2cc3ccccc3o2)n1)C(=O)N1CCOCC1. The molecule has 0 saturated carbocycles. The topological polar surface area (TPSA) is 84.7 Å². The summed E-state index contributed by atoms with van der Waals surface area (Å²) in [5, 5.41) is 6.01. The van der Waals surface area contributed by atoms with Gasteiger partial charge in [-0.25, -0.2) is 4.98 Å². The minimum absolute atomic E-state index is 0.112. The third-order valence-corrected chi connectivity index (χ3v) is 5.27. The smallest absolute Gasteiger partial charge is 0.271 e. The molecule has 2 aromatic heterocycles. The number of thiazole rings is 1. The summed E-state index contributed by atoms with van der Waals surface area (Å²) in [4.78, 5) is 31.0. The average molecular weight is 385 g/mol. The molecule has 4 rings (SSSR count). The third-order valence-electron chi connectivity index (χ3n) is 4.41. The zero-order valence-corrected chi connectivity index (χ0v) is 15.6. The molecule has 1 fully saturated rings. The van der Waals surface area contributed by atoms with Crippen molar-refractivity contribution >= 4 is 34.1 Å². The lowest BCUT2D eigenvalue weighted by Crippen LogP contribution is -2.50. The molecule has 1 aromatic carbocycles. The van der Waals surface area contributed by atoms with E-state index in [4.69, 9.17) is 9.15 Å². The first-order valence-electron chi connectivity index (χ1n) is 8.74. The van der Waals surface area contributed by atoms with Crippen molar-refractivity contribution in [2.45, 2.75) is 13.0 Å². The van der Waals surface area contributed by atoms with Gasteiger partial charge in [-0.15, -0.1) is 11.3 Å². The Bertz CT molecular complexity index is 941. The van der Waals surface area contributed by atoms with E-state index in [-0.39, 0.29) is 17.5 Å². The van der Waals surface area contributed by atoms with Gasteiger partial charge in [0.25, 0.3) is 5.91 Å². The maximum absolute atomic E-state index is 12.5. The van der Waals surface area contributed by atoms with Crippen LogP contribution in [0.1, 0.15) is 17.4 Å². The van der Waals surface area contributed by atoms with Gasteiger partial charge in [0.05, 0.1) is 13.2 Å². The van der Waals surface area contributed by atoms with Gasteiger partial charge >= 0.3 is 0 Å². The van der Waals surface area contributed by atoms with Gasteiger partial charge in [-0.2, -0.15) is 0 Å². The van der Waals surface area contributed by atoms with Crippen LogP contribution in [0.4, 0.5) is 0 Å². The fourth-order valence-corrected chi connectivity index (χ4v) is 3.72. The highest BCUT2D eigenvalue weighted by Gasteiger charge is 2.25. The standard InChI is InChI=1S/C19H19N3O4S/c1-12(19(24)22-6-8-25-9-7-22)20-17(23)14-11-27-18(21-14)16-10-13-4-2-3-5-15(13)26-16/h2-5,10-12H,6-9H2,1H3,(H,20,23)/t12-/m0/s1. The van der Waals surface area contributed by atoms with E-state index in [0.29, 0.717) is 37.1 Å². The summed E-state index contributed by atoms with van der Waals surface area (Å²) in [5.41, 5.74) is 1.05. The molecule has 1 aliphatic heterocycles. The van der Waals surface area contributed by atoms with Crippen molar-refractivity contribution in [3.8, 4) is 10.8 Å². The number of carbonyl (C=O) groups is 2. The molecule has 2 amide bonds. The van der Waals surface area contributed by atoms with Crippen molar-refractivity contribution in [1.29, 1.82) is 0 Å². The molecule has 0 radical (unpaired) electrons. The van der Waals surface area contributed by atoms with E-state index in [1.807, 2.05) is 30.3 Å². The van der Waals surface area contributed by atoms with Crippen LogP contribution in [0.25, 0.3) is 21.7 Å². The monoisotopic (exact) mass is 385 g/mol. The summed E-state index contributed by atoms with van der Waals surface area (Å²) >= 11 is 1.33. The zero-order valence-electron chi connectivity index (χ0n) is 14.8. The summed E-state index contributed by atoms with van der Waals surface area (Å²) in [5.74, 6) is 0.139. The van der Waals surface area contributed by atoms with Gasteiger partial charge in [-0.05, 0) is 19.1 Å². The number of aromatic nitrogens is 1. The lowest BCUT2D eigenvalue weighted by Gasteiger charge is -2.29. The average Bonchev–Trinajstić information content (AvgIpc) is 3.34. The van der Waals surface area contributed by atoms with Crippen LogP contribution in [0.2, 0.25) is 0 Å². The van der Waals surface area contributed by atoms with E-state index in [9.17, 15) is 9.59 Å². The minimum atomic E-state index is -0.619. The second kappa shape index (κ2) is 7.50. The minimum Gasteiger partial charge on any atom is -0.454 e. The maximum atomic E-state index is 12.5. The number of furan rings is 1. The Balaban J connectivity index is 1.44. The largest absolute Gasteiger partial charge is 0.454 e. The van der Waals surface area contributed by atoms with Crippen molar-refractivity contribution < 1.29 is 18.7 Å². The summed E-state index contributed by atoms with van der Waals surface area (Å²) < 4.78 is 11.0. The van der Waals surface area contributed by atoms with E-state index >= 15 is 0 Å². The second-order valence-corrected chi connectivity index (χ2v) is 7.18. The highest BCUT2D eigenvalue weighted by atomic mass is 32.1. The van der Waals surface area contributed by atoms with Crippen LogP contribution in [-0.2, 0) is 9.53 Å². The molecular formula is C19H19N3O4S. The van der Waals surface area contributed by atoms with Crippen LogP contribution in [0.5, 0.6) is 0 Å². The molecule has 1 saturated heterocycles. The summed E-state index contributed by atoms with van der Waals surface area (Å²) in [6, 6.07) is 8.98. The molecule has 1 N–H and O–H groups in total. The van der Waals surface area contributed by atoms with Gasteiger partial charge < -0.3 is 19.4 Å². The number of morpholine rings is 1. The molecule has 1 aliphatic rings. The number of para-hydroxylation sites is 1. The Morgan fingerprint density at radius 2 is 2.04 bits per heavy atom. The van der Waals surface area contributed by atoms with Crippen LogP contribution >= 0.6 is 11.3 Å². The fraction of sp³-hybridized carbons (Fsp3) is 0.316. The van der Waals surface area contributed by atoms with E-state index in [1.165, 1.54) is 11.3 Å². The Morgan fingerprint density at radius 3 is 2.81 bits per heavy atom. The highest BCUT2D eigenvalue weighted by Crippen LogP contribution is 2.29. The molecule has 0 aliphatic carbocycles. The van der Waals surface area contributed by atoms with Crippen LogP contribution in [0.15, 0.2) is 40.1 Å². The lowest BCUT2D eigenvalue weighted by molar-refractivity contribution is -0.136. The zero-order chi connectivity index (χ0) is 18.8. The van der Waals surface area contributed by atoms with E-state index < -0.39 is 6.04 Å². The number of carbonyl (C=O) groups excluding carboxylic acids is 2. The Hall–Kier alpha value is -2.71. The molecule has 3 heterocycles. The molecule has 3 aromatic rings. The Labute approximate surface area is 159 Å². The molecule has 1 atom stereocenters. The number of hydrogen-bond acceptors (Lipinski definition) is 6. The van der Waals surface area contributed by atoms with Crippen LogP contribution in [-0.4, -0.2) is 54.0 Å². The lowest BCUT2D eigenvalue weighted by atomic mass is 10.2. The van der Waals surface area contributed by atoms with E-state index in [2.05, 4.69) is 10.3 Å². The van der Waals surface area contributed by atoms with Gasteiger partial charge in [-0.1, -0.05) is 18.2 Å². The summed E-state index contributed by atoms with van der Waals surface area (Å²) in [7, 11) is 0. The first-order valence-corrected chi connectivity index (χ1v) is 9.61. The quantitative estimate of drug-likeness (QED) is 0.746. The van der Waals surface area contributed by atoms with Crippen molar-refractivity contribution in [3.05, 3.63) is 41.4 Å². The van der Waals surface area contributed by atoms with Crippen LogP contribution in [0, 0.1) is 0 Å². The van der Waals surface area contributed by atoms with E-state index in [0.717, 1.165) is 11.0 Å². The van der Waals surface area contributed by atoms with Gasteiger partial charge in [-0.3, -0.25) is 9.59 Å². The first-order chi connectivity index (χ1) is 13.1. The van der Waals surface area contributed by atoms with Crippen molar-refractivity contribution in [1.82, 2.24) is 15.2 Å². The van der Waals surface area contributed by atoms with Crippen molar-refractivity contribution in [3.63, 3.8) is 0 Å². The number of fused-ring (bicyclic) bond motifs is 1. The van der Waals surface area contributed by atoms with Crippen LogP contribution in [0.3, 0.4) is 0 Å². The second-order valence-electron chi connectivity index (χ2n) is 6.32. The molecule has 27 heavy (non-hydrogen) atoms. The first kappa shape index (κ1) is 17.7. The molecule has 0 spiro atoms. The highest BCUT2D eigenvalue weighted by molar-refractivity contribution is 7.13. The van der Waals surface area contributed by atoms with Gasteiger partial charge in [0, 0.05) is 23.9 Å². The molecule has 8 heteroatoms. The van der Waals surface area contributed by atoms with Gasteiger partial charge in [0.2, 0.25) is 5.91 Å². The van der Waals surface area contributed by atoms with E-state index in [1.54, 1.807) is 17.2 Å². The number of hydrogen-bond donors (Lipinski definition) is 1. The normalized spacial score (nSPS) is 15.7. The van der Waals surface area contributed by atoms with Gasteiger partial charge in [0.15, 0.2) is 10.8 Å². The predicted octanol–water partition coefficient (Wildman–Crippen LogP) is 2.53. The molecule has 140 valence electrons. The summed E-state index contributed by atoms with van der Waals surface area (Å²) in [6.45, 7) is 3.83. The predicted molar refractivity (Wildman–Crippen MR) is 102 cm³/mol. The number of nitrogens with zero attached hydrogens (tertiary/aromatic N) is 2. The summed E-state index contributed by atoms with van der Waals surface area (Å²) in [6.07, 6.45) is 0. The van der Waals surface area contributed by atoms with Gasteiger partial charge in [0.1, 0.15) is 17.3 Å².